The first kappa shape index (κ1) is 18.4. The minimum absolute atomic E-state index is 0.108. The third kappa shape index (κ3) is 3.89. The van der Waals surface area contributed by atoms with Crippen LogP contribution in [0.4, 0.5) is 0 Å². The van der Waals surface area contributed by atoms with Gasteiger partial charge < -0.3 is 9.64 Å². The molecule has 2 aromatic carbocycles. The second-order valence-corrected chi connectivity index (χ2v) is 8.03. The van der Waals surface area contributed by atoms with Crippen LogP contribution >= 0.6 is 0 Å². The van der Waals surface area contributed by atoms with Crippen LogP contribution in [0.25, 0.3) is 0 Å². The number of sulfonamides is 1. The Morgan fingerprint density at radius 2 is 1.73 bits per heavy atom. The molecule has 0 N–H and O–H groups in total. The summed E-state index contributed by atoms with van der Waals surface area (Å²) in [6, 6.07) is 15.4. The van der Waals surface area contributed by atoms with E-state index in [0.29, 0.717) is 37.4 Å². The predicted octanol–water partition coefficient (Wildman–Crippen LogP) is 2.23. The summed E-state index contributed by atoms with van der Waals surface area (Å²) in [6.45, 7) is 1.57. The molecule has 1 aliphatic rings. The van der Waals surface area contributed by atoms with Crippen LogP contribution < -0.4 is 4.74 Å². The van der Waals surface area contributed by atoms with Gasteiger partial charge in [-0.25, -0.2) is 8.42 Å². The van der Waals surface area contributed by atoms with E-state index >= 15 is 0 Å². The Kier molecular flexibility index (Phi) is 5.58. The van der Waals surface area contributed by atoms with Gasteiger partial charge in [-0.05, 0) is 36.8 Å². The molecule has 0 radical (unpaired) electrons. The van der Waals surface area contributed by atoms with Crippen molar-refractivity contribution < 1.29 is 17.9 Å². The van der Waals surface area contributed by atoms with Crippen molar-refractivity contribution in [2.45, 2.75) is 11.3 Å². The van der Waals surface area contributed by atoms with Crippen molar-refractivity contribution in [1.29, 1.82) is 0 Å². The highest BCUT2D eigenvalue weighted by atomic mass is 32.2. The Morgan fingerprint density at radius 3 is 2.46 bits per heavy atom. The van der Waals surface area contributed by atoms with Gasteiger partial charge >= 0.3 is 0 Å². The molecule has 7 heteroatoms. The van der Waals surface area contributed by atoms with Crippen LogP contribution in [0.15, 0.2) is 59.5 Å². The summed E-state index contributed by atoms with van der Waals surface area (Å²) in [5.41, 5.74) is 0.545. The molecule has 0 aromatic heterocycles. The number of carbonyl (C=O) groups is 1. The monoisotopic (exact) mass is 374 g/mol. The minimum Gasteiger partial charge on any atom is -0.497 e. The molecule has 1 aliphatic heterocycles. The summed E-state index contributed by atoms with van der Waals surface area (Å²) in [5, 5.41) is 0. The maximum atomic E-state index is 12.8. The number of amides is 1. The molecule has 138 valence electrons. The van der Waals surface area contributed by atoms with Crippen molar-refractivity contribution in [2.24, 2.45) is 0 Å². The molecule has 6 nitrogen and oxygen atoms in total. The number of hydrogen-bond donors (Lipinski definition) is 0. The fourth-order valence-corrected chi connectivity index (χ4v) is 4.51. The van der Waals surface area contributed by atoms with E-state index in [1.807, 2.05) is 0 Å². The number of carbonyl (C=O) groups excluding carboxylic acids is 1. The smallest absolute Gasteiger partial charge is 0.254 e. The lowest BCUT2D eigenvalue weighted by Gasteiger charge is -2.22. The summed E-state index contributed by atoms with van der Waals surface area (Å²) in [4.78, 5) is 14.7. The summed E-state index contributed by atoms with van der Waals surface area (Å²) >= 11 is 0. The number of rotatable bonds is 4. The lowest BCUT2D eigenvalue weighted by atomic mass is 10.2. The zero-order valence-electron chi connectivity index (χ0n) is 14.7. The first-order valence-electron chi connectivity index (χ1n) is 8.51. The molecule has 0 aliphatic carbocycles. The quantitative estimate of drug-likeness (QED) is 0.823. The predicted molar refractivity (Wildman–Crippen MR) is 98.7 cm³/mol. The Labute approximate surface area is 154 Å². The van der Waals surface area contributed by atoms with Crippen LogP contribution in [0.3, 0.4) is 0 Å². The highest BCUT2D eigenvalue weighted by Gasteiger charge is 2.28. The van der Waals surface area contributed by atoms with Gasteiger partial charge in [0, 0.05) is 31.7 Å². The van der Waals surface area contributed by atoms with Gasteiger partial charge in [0.25, 0.3) is 5.91 Å². The van der Waals surface area contributed by atoms with Gasteiger partial charge in [0.05, 0.1) is 12.0 Å². The van der Waals surface area contributed by atoms with E-state index in [0.717, 1.165) is 0 Å². The van der Waals surface area contributed by atoms with Gasteiger partial charge in [0.2, 0.25) is 10.0 Å². The Balaban J connectivity index is 1.73. The molecule has 1 amide bonds. The summed E-state index contributed by atoms with van der Waals surface area (Å²) in [7, 11) is -1.98. The van der Waals surface area contributed by atoms with Crippen LogP contribution in [0.2, 0.25) is 0 Å². The zero-order chi connectivity index (χ0) is 18.6. The fraction of sp³-hybridized carbons (Fsp3) is 0.316. The van der Waals surface area contributed by atoms with Gasteiger partial charge in [0.1, 0.15) is 5.75 Å². The molecule has 1 saturated heterocycles. The van der Waals surface area contributed by atoms with E-state index in [1.54, 1.807) is 66.6 Å². The molecule has 0 unspecified atom stereocenters. The number of nitrogens with zero attached hydrogens (tertiary/aromatic N) is 2. The van der Waals surface area contributed by atoms with Crippen molar-refractivity contribution in [1.82, 2.24) is 9.21 Å². The van der Waals surface area contributed by atoms with Crippen LogP contribution in [0.5, 0.6) is 5.75 Å². The van der Waals surface area contributed by atoms with E-state index in [1.165, 1.54) is 4.31 Å². The van der Waals surface area contributed by atoms with Gasteiger partial charge in [0.15, 0.2) is 0 Å². The van der Waals surface area contributed by atoms with Gasteiger partial charge in [-0.3, -0.25) is 4.79 Å². The number of methoxy groups -OCH3 is 1. The number of ether oxygens (including phenoxy) is 1. The van der Waals surface area contributed by atoms with Crippen molar-refractivity contribution in [3.63, 3.8) is 0 Å². The van der Waals surface area contributed by atoms with Crippen molar-refractivity contribution in [3.05, 3.63) is 60.2 Å². The Hall–Kier alpha value is -2.38. The van der Waals surface area contributed by atoms with E-state index in [2.05, 4.69) is 0 Å². The topological polar surface area (TPSA) is 66.9 Å². The lowest BCUT2D eigenvalue weighted by molar-refractivity contribution is 0.0764. The van der Waals surface area contributed by atoms with Crippen molar-refractivity contribution >= 4 is 15.9 Å². The Morgan fingerprint density at radius 1 is 0.962 bits per heavy atom. The zero-order valence-corrected chi connectivity index (χ0v) is 15.5. The summed E-state index contributed by atoms with van der Waals surface area (Å²) < 4.78 is 32.2. The van der Waals surface area contributed by atoms with Gasteiger partial charge in [-0.15, -0.1) is 0 Å². The largest absolute Gasteiger partial charge is 0.497 e. The second-order valence-electron chi connectivity index (χ2n) is 6.09. The highest BCUT2D eigenvalue weighted by Crippen LogP contribution is 2.19. The molecule has 0 bridgehead atoms. The van der Waals surface area contributed by atoms with E-state index in [9.17, 15) is 13.2 Å². The Bertz CT molecular complexity index is 868. The SMILES string of the molecule is COc1cccc(C(=O)N2CCCN(S(=O)(=O)c3ccccc3)CC2)c1. The van der Waals surface area contributed by atoms with Gasteiger partial charge in [-0.1, -0.05) is 24.3 Å². The number of benzene rings is 2. The van der Waals surface area contributed by atoms with Gasteiger partial charge in [-0.2, -0.15) is 4.31 Å². The third-order valence-corrected chi connectivity index (χ3v) is 6.35. The molecule has 0 saturated carbocycles. The average Bonchev–Trinajstić information content (AvgIpc) is 2.95. The maximum Gasteiger partial charge on any atom is 0.254 e. The maximum absolute atomic E-state index is 12.8. The number of hydrogen-bond acceptors (Lipinski definition) is 4. The molecule has 3 rings (SSSR count). The van der Waals surface area contributed by atoms with Crippen molar-refractivity contribution in [3.8, 4) is 5.75 Å². The van der Waals surface area contributed by atoms with E-state index < -0.39 is 10.0 Å². The van der Waals surface area contributed by atoms with E-state index in [-0.39, 0.29) is 17.3 Å². The molecule has 0 atom stereocenters. The molecule has 1 fully saturated rings. The third-order valence-electron chi connectivity index (χ3n) is 4.44. The van der Waals surface area contributed by atoms with Crippen LogP contribution in [-0.4, -0.2) is 56.8 Å². The minimum atomic E-state index is -3.53. The molecular weight excluding hydrogens is 352 g/mol. The molecule has 0 spiro atoms. The van der Waals surface area contributed by atoms with E-state index in [4.69, 9.17) is 4.74 Å². The highest BCUT2D eigenvalue weighted by molar-refractivity contribution is 7.89. The second kappa shape index (κ2) is 7.88. The fourth-order valence-electron chi connectivity index (χ4n) is 3.02. The summed E-state index contributed by atoms with van der Waals surface area (Å²) in [5.74, 6) is 0.516. The molecule has 26 heavy (non-hydrogen) atoms. The normalized spacial score (nSPS) is 16.1. The molecule has 2 aromatic rings. The van der Waals surface area contributed by atoms with Crippen LogP contribution in [0.1, 0.15) is 16.8 Å². The first-order valence-corrected chi connectivity index (χ1v) is 9.95. The van der Waals surface area contributed by atoms with Crippen LogP contribution in [-0.2, 0) is 10.0 Å². The summed E-state index contributed by atoms with van der Waals surface area (Å²) in [6.07, 6.45) is 0.599. The molecule has 1 heterocycles. The molecular formula is C19H22N2O4S. The first-order chi connectivity index (χ1) is 12.5. The van der Waals surface area contributed by atoms with Crippen LogP contribution in [0, 0.1) is 0 Å². The standard InChI is InChI=1S/C19H22N2O4S/c1-25-17-8-5-7-16(15-17)19(22)20-11-6-12-21(14-13-20)26(23,24)18-9-3-2-4-10-18/h2-5,7-10,15H,6,11-14H2,1H3. The van der Waals surface area contributed by atoms with Crippen molar-refractivity contribution in [2.75, 3.05) is 33.3 Å². The average molecular weight is 374 g/mol. The lowest BCUT2D eigenvalue weighted by Crippen LogP contribution is -2.37.